The number of hydrogen-bond acceptors (Lipinski definition) is 4. The molecule has 0 atom stereocenters. The van der Waals surface area contributed by atoms with Gasteiger partial charge in [0.05, 0.1) is 5.70 Å². The molecule has 166 valence electrons. The smallest absolute Gasteiger partial charge is 0.195 e. The Morgan fingerprint density at radius 2 is 1.26 bits per heavy atom. The van der Waals surface area contributed by atoms with E-state index in [0.29, 0.717) is 27.8 Å². The maximum Gasteiger partial charge on any atom is 0.195 e. The summed E-state index contributed by atoms with van der Waals surface area (Å²) >= 11 is 0. The van der Waals surface area contributed by atoms with Gasteiger partial charge in [0, 0.05) is 32.7 Å². The lowest BCUT2D eigenvalue weighted by atomic mass is 9.83. The van der Waals surface area contributed by atoms with Gasteiger partial charge in [-0.15, -0.1) is 0 Å². The van der Waals surface area contributed by atoms with Crippen molar-refractivity contribution < 1.29 is 14.4 Å². The van der Waals surface area contributed by atoms with Gasteiger partial charge in [-0.05, 0) is 40.4 Å². The van der Waals surface area contributed by atoms with Crippen LogP contribution >= 0.6 is 0 Å². The fraction of sp³-hybridized carbons (Fsp3) is 0. The highest BCUT2D eigenvalue weighted by Crippen LogP contribution is 2.29. The second-order valence-electron chi connectivity index (χ2n) is 8.00. The molecule has 0 unspecified atom stereocenters. The van der Waals surface area contributed by atoms with Crippen molar-refractivity contribution in [3.63, 3.8) is 0 Å². The van der Waals surface area contributed by atoms with Gasteiger partial charge in [0.2, 0.25) is 0 Å². The molecule has 0 bridgehead atoms. The first-order chi connectivity index (χ1) is 17.1. The van der Waals surface area contributed by atoms with E-state index in [-0.39, 0.29) is 22.8 Å². The summed E-state index contributed by atoms with van der Waals surface area (Å²) in [6, 6.07) is 28.2. The molecule has 6 heteroatoms. The van der Waals surface area contributed by atoms with Crippen LogP contribution in [0.5, 0.6) is 0 Å². The lowest BCUT2D eigenvalue weighted by Crippen LogP contribution is -2.20. The molecular formula is C29H17N3O3. The summed E-state index contributed by atoms with van der Waals surface area (Å²) in [6.45, 7) is 0. The largest absolute Gasteiger partial charge is 0.289 e. The fourth-order valence-corrected chi connectivity index (χ4v) is 4.15. The van der Waals surface area contributed by atoms with Crippen molar-refractivity contribution in [2.24, 2.45) is 5.11 Å². The van der Waals surface area contributed by atoms with Crippen LogP contribution in [-0.4, -0.2) is 17.3 Å². The van der Waals surface area contributed by atoms with E-state index in [4.69, 9.17) is 5.53 Å². The van der Waals surface area contributed by atoms with Gasteiger partial charge in [0.1, 0.15) is 0 Å². The van der Waals surface area contributed by atoms with Crippen LogP contribution in [0.15, 0.2) is 108 Å². The Hall–Kier alpha value is -5.06. The Labute approximate surface area is 200 Å². The maximum atomic E-state index is 13.1. The van der Waals surface area contributed by atoms with Gasteiger partial charge >= 0.3 is 0 Å². The van der Waals surface area contributed by atoms with Gasteiger partial charge in [-0.1, -0.05) is 90.0 Å². The minimum Gasteiger partial charge on any atom is -0.289 e. The zero-order valence-corrected chi connectivity index (χ0v) is 18.4. The summed E-state index contributed by atoms with van der Waals surface area (Å²) in [5.41, 5.74) is 13.0. The topological polar surface area (TPSA) is 100.0 Å². The van der Waals surface area contributed by atoms with Crippen LogP contribution in [0.4, 0.5) is 0 Å². The predicted molar refractivity (Wildman–Crippen MR) is 133 cm³/mol. The summed E-state index contributed by atoms with van der Waals surface area (Å²) in [7, 11) is 0. The minimum absolute atomic E-state index is 0.116. The van der Waals surface area contributed by atoms with Gasteiger partial charge in [0.25, 0.3) is 0 Å². The van der Waals surface area contributed by atoms with Gasteiger partial charge in [0.15, 0.2) is 17.3 Å². The second-order valence-corrected chi connectivity index (χ2v) is 8.00. The van der Waals surface area contributed by atoms with Crippen molar-refractivity contribution in [2.45, 2.75) is 0 Å². The average Bonchev–Trinajstić information content (AvgIpc) is 2.91. The quantitative estimate of drug-likeness (QED) is 0.0973. The SMILES string of the molecule is [N-]=[N+]=N/C(=C\c1ccc2c(c1)C(=O)c1ccccc1C2=O)C(=O)c1ccc(-c2ccccc2)cc1. The number of carbonyl (C=O) groups excluding carboxylic acids is 3. The maximum absolute atomic E-state index is 13.1. The van der Waals surface area contributed by atoms with E-state index in [1.807, 2.05) is 42.5 Å². The molecule has 5 rings (SSSR count). The molecule has 0 aliphatic heterocycles. The first-order valence-electron chi connectivity index (χ1n) is 10.9. The van der Waals surface area contributed by atoms with E-state index in [0.717, 1.165) is 11.1 Å². The van der Waals surface area contributed by atoms with E-state index in [9.17, 15) is 14.4 Å². The zero-order valence-electron chi connectivity index (χ0n) is 18.4. The molecule has 0 saturated carbocycles. The van der Waals surface area contributed by atoms with Crippen molar-refractivity contribution in [2.75, 3.05) is 0 Å². The number of carbonyl (C=O) groups is 3. The number of allylic oxidation sites excluding steroid dienone is 1. The Morgan fingerprint density at radius 1 is 0.686 bits per heavy atom. The van der Waals surface area contributed by atoms with Crippen LogP contribution in [0.2, 0.25) is 0 Å². The Balaban J connectivity index is 1.49. The standard InChI is InChI=1S/C29H17N3O3/c30-32-31-26(27(33)21-13-11-20(12-14-21)19-6-2-1-3-7-19)17-18-10-15-24-25(16-18)29(35)23-9-5-4-8-22(23)28(24)34/h1-17H/b26-17-. The third-order valence-corrected chi connectivity index (χ3v) is 5.89. The molecule has 0 N–H and O–H groups in total. The third kappa shape index (κ3) is 4.06. The first-order valence-corrected chi connectivity index (χ1v) is 10.9. The number of benzene rings is 4. The Kier molecular flexibility index (Phi) is 5.63. The molecule has 0 heterocycles. The van der Waals surface area contributed by atoms with Crippen LogP contribution < -0.4 is 0 Å². The lowest BCUT2D eigenvalue weighted by molar-refractivity contribution is 0.0979. The van der Waals surface area contributed by atoms with Gasteiger partial charge in [-0.25, -0.2) is 0 Å². The summed E-state index contributed by atoms with van der Waals surface area (Å²) in [5, 5.41) is 3.60. The lowest BCUT2D eigenvalue weighted by Gasteiger charge is -2.17. The van der Waals surface area contributed by atoms with Crippen LogP contribution in [0.25, 0.3) is 27.6 Å². The molecule has 35 heavy (non-hydrogen) atoms. The zero-order chi connectivity index (χ0) is 24.4. The molecule has 0 saturated heterocycles. The predicted octanol–water partition coefficient (Wildman–Crippen LogP) is 6.66. The van der Waals surface area contributed by atoms with Crippen molar-refractivity contribution in [1.82, 2.24) is 0 Å². The summed E-state index contributed by atoms with van der Waals surface area (Å²) in [5.74, 6) is -0.943. The second kappa shape index (κ2) is 9.06. The van der Waals surface area contributed by atoms with Gasteiger partial charge in [-0.2, -0.15) is 0 Å². The number of rotatable bonds is 5. The number of ketones is 3. The highest BCUT2D eigenvalue weighted by atomic mass is 16.1. The monoisotopic (exact) mass is 455 g/mol. The molecule has 4 aromatic carbocycles. The number of fused-ring (bicyclic) bond motifs is 2. The molecule has 0 fully saturated rings. The fourth-order valence-electron chi connectivity index (χ4n) is 4.15. The summed E-state index contributed by atoms with van der Waals surface area (Å²) in [6.07, 6.45) is 1.42. The summed E-state index contributed by atoms with van der Waals surface area (Å²) < 4.78 is 0. The highest BCUT2D eigenvalue weighted by Gasteiger charge is 2.29. The van der Waals surface area contributed by atoms with Gasteiger partial charge < -0.3 is 0 Å². The first kappa shape index (κ1) is 21.8. The molecule has 0 aromatic heterocycles. The highest BCUT2D eigenvalue weighted by molar-refractivity contribution is 6.28. The van der Waals surface area contributed by atoms with Crippen LogP contribution in [0.1, 0.15) is 47.8 Å². The average molecular weight is 455 g/mol. The molecule has 4 aromatic rings. The molecule has 6 nitrogen and oxygen atoms in total. The van der Waals surface area contributed by atoms with E-state index in [2.05, 4.69) is 10.0 Å². The molecular weight excluding hydrogens is 438 g/mol. The Morgan fingerprint density at radius 3 is 1.91 bits per heavy atom. The molecule has 1 aliphatic rings. The molecule has 0 amide bonds. The number of nitrogens with zero attached hydrogens (tertiary/aromatic N) is 3. The van der Waals surface area contributed by atoms with Crippen LogP contribution in [-0.2, 0) is 0 Å². The normalized spacial score (nSPS) is 12.4. The minimum atomic E-state index is -0.451. The number of azide groups is 1. The van der Waals surface area contributed by atoms with Crippen molar-refractivity contribution in [3.8, 4) is 11.1 Å². The van der Waals surface area contributed by atoms with Crippen molar-refractivity contribution in [1.29, 1.82) is 0 Å². The van der Waals surface area contributed by atoms with Crippen LogP contribution in [0, 0.1) is 0 Å². The summed E-state index contributed by atoms with van der Waals surface area (Å²) in [4.78, 5) is 41.7. The van der Waals surface area contributed by atoms with Crippen molar-refractivity contribution in [3.05, 3.63) is 147 Å². The van der Waals surface area contributed by atoms with E-state index < -0.39 is 5.78 Å². The van der Waals surface area contributed by atoms with E-state index in [1.54, 1.807) is 54.6 Å². The molecule has 0 spiro atoms. The van der Waals surface area contributed by atoms with E-state index in [1.165, 1.54) is 6.08 Å². The number of hydrogen-bond donors (Lipinski definition) is 0. The molecule has 1 aliphatic carbocycles. The Bertz CT molecular complexity index is 1580. The van der Waals surface area contributed by atoms with E-state index >= 15 is 0 Å². The number of Topliss-reactive ketones (excluding diaryl/α,β-unsaturated/α-hetero) is 1. The van der Waals surface area contributed by atoms with Crippen molar-refractivity contribution >= 4 is 23.4 Å². The van der Waals surface area contributed by atoms with Gasteiger partial charge in [-0.3, -0.25) is 14.4 Å². The van der Waals surface area contributed by atoms with Crippen LogP contribution in [0.3, 0.4) is 0 Å². The molecule has 0 radical (unpaired) electrons. The third-order valence-electron chi connectivity index (χ3n) is 5.89.